The van der Waals surface area contributed by atoms with Crippen molar-refractivity contribution in [3.05, 3.63) is 35.6 Å². The number of nitrogens with one attached hydrogen (secondary N) is 1. The fraction of sp³-hybridized carbons (Fsp3) is 0.533. The van der Waals surface area contributed by atoms with Crippen LogP contribution in [0.3, 0.4) is 0 Å². The number of hydrogen-bond donors (Lipinski definition) is 2. The lowest BCUT2D eigenvalue weighted by Crippen LogP contribution is -2.45. The second-order valence-electron chi connectivity index (χ2n) is 5.91. The average Bonchev–Trinajstić information content (AvgIpc) is 2.25. The molecule has 0 radical (unpaired) electrons. The van der Waals surface area contributed by atoms with Crippen LogP contribution in [0.2, 0.25) is 0 Å². The molecule has 0 aliphatic carbocycles. The molecule has 1 rings (SSSR count). The van der Waals surface area contributed by atoms with Crippen molar-refractivity contribution in [1.82, 2.24) is 5.32 Å². The molecule has 0 saturated heterocycles. The van der Waals surface area contributed by atoms with Gasteiger partial charge in [-0.3, -0.25) is 4.79 Å². The molecule has 1 atom stereocenters. The van der Waals surface area contributed by atoms with Crippen LogP contribution in [0, 0.1) is 11.7 Å². The Labute approximate surface area is 114 Å². The Morgan fingerprint density at radius 1 is 1.47 bits per heavy atom. The average molecular weight is 266 g/mol. The maximum atomic E-state index is 13.0. The number of hydrogen-bond acceptors (Lipinski definition) is 2. The molecule has 1 aromatic carbocycles. The van der Waals surface area contributed by atoms with Crippen molar-refractivity contribution >= 4 is 5.91 Å². The highest BCUT2D eigenvalue weighted by Gasteiger charge is 2.14. The van der Waals surface area contributed by atoms with E-state index >= 15 is 0 Å². The lowest BCUT2D eigenvalue weighted by molar-refractivity contribution is -0.122. The molecule has 0 aliphatic heterocycles. The van der Waals surface area contributed by atoms with Gasteiger partial charge in [0, 0.05) is 18.5 Å². The Kier molecular flexibility index (Phi) is 5.48. The maximum Gasteiger partial charge on any atom is 0.220 e. The molecule has 0 aliphatic rings. The normalized spacial score (nSPS) is 13.1. The Bertz CT molecular complexity index is 426. The summed E-state index contributed by atoms with van der Waals surface area (Å²) in [4.78, 5) is 11.7. The summed E-state index contributed by atoms with van der Waals surface area (Å²) in [5, 5.41) is 2.81. The molecule has 0 aromatic heterocycles. The molecule has 19 heavy (non-hydrogen) atoms. The summed E-state index contributed by atoms with van der Waals surface area (Å²) in [6.45, 7) is 6.17. The number of rotatable bonds is 6. The molecule has 4 heteroatoms. The van der Waals surface area contributed by atoms with Crippen molar-refractivity contribution in [2.45, 2.75) is 39.2 Å². The Morgan fingerprint density at radius 2 is 2.16 bits per heavy atom. The zero-order valence-corrected chi connectivity index (χ0v) is 11.9. The minimum atomic E-state index is -0.401. The summed E-state index contributed by atoms with van der Waals surface area (Å²) in [7, 11) is 0. The minimum Gasteiger partial charge on any atom is -0.354 e. The molecular weight excluding hydrogens is 243 g/mol. The summed E-state index contributed by atoms with van der Waals surface area (Å²) in [5.41, 5.74) is 6.31. The molecule has 0 saturated carbocycles. The summed E-state index contributed by atoms with van der Waals surface area (Å²) in [6.07, 6.45) is 1.11. The number of carbonyl (C=O) groups is 1. The zero-order valence-electron chi connectivity index (χ0n) is 11.9. The molecule has 1 aromatic rings. The molecule has 3 nitrogen and oxygen atoms in total. The third-order valence-corrected chi connectivity index (χ3v) is 2.75. The van der Waals surface area contributed by atoms with Gasteiger partial charge in [-0.2, -0.15) is 0 Å². The number of benzene rings is 1. The SMILES string of the molecule is CC(CC(=O)NCC(C)(C)N)Cc1cccc(F)c1. The zero-order chi connectivity index (χ0) is 14.5. The fourth-order valence-corrected chi connectivity index (χ4v) is 1.85. The minimum absolute atomic E-state index is 0.0116. The second-order valence-corrected chi connectivity index (χ2v) is 5.91. The predicted octanol–water partition coefficient (Wildman–Crippen LogP) is 2.25. The van der Waals surface area contributed by atoms with E-state index in [-0.39, 0.29) is 17.6 Å². The van der Waals surface area contributed by atoms with Crippen LogP contribution in [0.1, 0.15) is 32.8 Å². The van der Waals surface area contributed by atoms with Gasteiger partial charge in [-0.1, -0.05) is 19.1 Å². The summed E-state index contributed by atoms with van der Waals surface area (Å²) in [6, 6.07) is 6.50. The first kappa shape index (κ1) is 15.6. The van der Waals surface area contributed by atoms with E-state index in [0.29, 0.717) is 19.4 Å². The van der Waals surface area contributed by atoms with Crippen LogP contribution in [0.5, 0.6) is 0 Å². The van der Waals surface area contributed by atoms with Gasteiger partial charge in [-0.25, -0.2) is 4.39 Å². The molecule has 3 N–H and O–H groups in total. The standard InChI is InChI=1S/C15H23FN2O/c1-11(7-12-5-4-6-13(16)9-12)8-14(19)18-10-15(2,3)17/h4-6,9,11H,7-8,10,17H2,1-3H3,(H,18,19). The van der Waals surface area contributed by atoms with E-state index in [1.807, 2.05) is 26.8 Å². The van der Waals surface area contributed by atoms with Gasteiger partial charge in [-0.15, -0.1) is 0 Å². The van der Waals surface area contributed by atoms with Crippen LogP contribution < -0.4 is 11.1 Å². The van der Waals surface area contributed by atoms with Crippen LogP contribution in [-0.4, -0.2) is 18.0 Å². The molecule has 1 amide bonds. The van der Waals surface area contributed by atoms with Crippen LogP contribution in [0.15, 0.2) is 24.3 Å². The molecule has 0 bridgehead atoms. The smallest absolute Gasteiger partial charge is 0.220 e. The Hall–Kier alpha value is -1.42. The van der Waals surface area contributed by atoms with Crippen molar-refractivity contribution in [2.24, 2.45) is 11.7 Å². The highest BCUT2D eigenvalue weighted by atomic mass is 19.1. The van der Waals surface area contributed by atoms with Crippen molar-refractivity contribution in [2.75, 3.05) is 6.54 Å². The van der Waals surface area contributed by atoms with Gasteiger partial charge in [0.05, 0.1) is 0 Å². The highest BCUT2D eigenvalue weighted by Crippen LogP contribution is 2.13. The first-order valence-electron chi connectivity index (χ1n) is 6.56. The van der Waals surface area contributed by atoms with Gasteiger partial charge in [-0.05, 0) is 43.9 Å². The fourth-order valence-electron chi connectivity index (χ4n) is 1.85. The van der Waals surface area contributed by atoms with E-state index < -0.39 is 5.54 Å². The van der Waals surface area contributed by atoms with Gasteiger partial charge in [0.2, 0.25) is 5.91 Å². The first-order valence-corrected chi connectivity index (χ1v) is 6.56. The Morgan fingerprint density at radius 3 is 2.74 bits per heavy atom. The highest BCUT2D eigenvalue weighted by molar-refractivity contribution is 5.76. The van der Waals surface area contributed by atoms with Gasteiger partial charge in [0.25, 0.3) is 0 Å². The number of carbonyl (C=O) groups excluding carboxylic acids is 1. The van der Waals surface area contributed by atoms with Crippen molar-refractivity contribution in [3.8, 4) is 0 Å². The van der Waals surface area contributed by atoms with E-state index in [0.717, 1.165) is 5.56 Å². The van der Waals surface area contributed by atoms with Crippen LogP contribution in [0.25, 0.3) is 0 Å². The third-order valence-electron chi connectivity index (χ3n) is 2.75. The lowest BCUT2D eigenvalue weighted by atomic mass is 9.97. The summed E-state index contributed by atoms with van der Waals surface area (Å²) < 4.78 is 13.0. The largest absolute Gasteiger partial charge is 0.354 e. The van der Waals surface area contributed by atoms with E-state index in [4.69, 9.17) is 5.73 Å². The van der Waals surface area contributed by atoms with E-state index in [1.54, 1.807) is 6.07 Å². The topological polar surface area (TPSA) is 55.1 Å². The second kappa shape index (κ2) is 6.66. The Balaban J connectivity index is 2.38. The number of amides is 1. The van der Waals surface area contributed by atoms with Gasteiger partial charge in [0.15, 0.2) is 0 Å². The summed E-state index contributed by atoms with van der Waals surface area (Å²) >= 11 is 0. The monoisotopic (exact) mass is 266 g/mol. The maximum absolute atomic E-state index is 13.0. The van der Waals surface area contributed by atoms with E-state index in [2.05, 4.69) is 5.32 Å². The van der Waals surface area contributed by atoms with E-state index in [1.165, 1.54) is 12.1 Å². The summed E-state index contributed by atoms with van der Waals surface area (Å²) in [5.74, 6) is -0.0795. The first-order chi connectivity index (χ1) is 8.76. The molecule has 106 valence electrons. The molecule has 0 heterocycles. The quantitative estimate of drug-likeness (QED) is 0.829. The van der Waals surface area contributed by atoms with Crippen LogP contribution >= 0.6 is 0 Å². The van der Waals surface area contributed by atoms with Gasteiger partial charge in [0.1, 0.15) is 5.82 Å². The van der Waals surface area contributed by atoms with Gasteiger partial charge < -0.3 is 11.1 Å². The molecule has 1 unspecified atom stereocenters. The molecule has 0 spiro atoms. The third kappa shape index (κ3) is 6.91. The van der Waals surface area contributed by atoms with Crippen molar-refractivity contribution in [1.29, 1.82) is 0 Å². The van der Waals surface area contributed by atoms with Crippen LogP contribution in [-0.2, 0) is 11.2 Å². The molecule has 0 fully saturated rings. The number of nitrogens with two attached hydrogens (primary N) is 1. The molecular formula is C15H23FN2O. The van der Waals surface area contributed by atoms with Crippen LogP contribution in [0.4, 0.5) is 4.39 Å². The van der Waals surface area contributed by atoms with Crippen molar-refractivity contribution < 1.29 is 9.18 Å². The number of halogens is 1. The van der Waals surface area contributed by atoms with Crippen molar-refractivity contribution in [3.63, 3.8) is 0 Å². The lowest BCUT2D eigenvalue weighted by Gasteiger charge is -2.19. The van der Waals surface area contributed by atoms with E-state index in [9.17, 15) is 9.18 Å². The predicted molar refractivity (Wildman–Crippen MR) is 75.2 cm³/mol. The van der Waals surface area contributed by atoms with Gasteiger partial charge >= 0.3 is 0 Å².